The summed E-state index contributed by atoms with van der Waals surface area (Å²) in [7, 11) is 0. The van der Waals surface area contributed by atoms with Crippen molar-refractivity contribution in [2.45, 2.75) is 17.4 Å². The molecule has 8 heteroatoms. The van der Waals surface area contributed by atoms with Crippen molar-refractivity contribution in [3.8, 4) is 0 Å². The van der Waals surface area contributed by atoms with Crippen molar-refractivity contribution in [1.29, 1.82) is 0 Å². The fourth-order valence-electron chi connectivity index (χ4n) is 1.40. The number of hydrogen-bond acceptors (Lipinski definition) is 4. The van der Waals surface area contributed by atoms with Gasteiger partial charge in [-0.2, -0.15) is 0 Å². The zero-order valence-corrected chi connectivity index (χ0v) is 11.4. The van der Waals surface area contributed by atoms with Crippen molar-refractivity contribution in [2.75, 3.05) is 11.6 Å². The number of hydrogen-bond donors (Lipinski definition) is 4. The van der Waals surface area contributed by atoms with Gasteiger partial charge in [0.05, 0.1) is 6.42 Å². The number of benzene rings is 1. The molecule has 0 radical (unpaired) electrons. The zero-order valence-electron chi connectivity index (χ0n) is 10.6. The number of amides is 2. The Morgan fingerprint density at radius 3 is 2.55 bits per heavy atom. The highest BCUT2D eigenvalue weighted by Gasteiger charge is 2.22. The molecule has 2 amide bonds. The second kappa shape index (κ2) is 7.39. The molecule has 0 heterocycles. The number of carbonyl (C=O) groups excluding carboxylic acids is 1. The van der Waals surface area contributed by atoms with Crippen LogP contribution in [-0.4, -0.2) is 40.5 Å². The van der Waals surface area contributed by atoms with Crippen LogP contribution in [0.25, 0.3) is 0 Å². The maximum absolute atomic E-state index is 11.6. The van der Waals surface area contributed by atoms with Crippen molar-refractivity contribution < 1.29 is 24.6 Å². The molecule has 0 unspecified atom stereocenters. The van der Waals surface area contributed by atoms with Crippen LogP contribution in [0.3, 0.4) is 0 Å². The lowest BCUT2D eigenvalue weighted by molar-refractivity contribution is -0.145. The van der Waals surface area contributed by atoms with Crippen LogP contribution in [-0.2, 0) is 9.59 Å². The van der Waals surface area contributed by atoms with Gasteiger partial charge in [-0.15, -0.1) is 11.8 Å². The number of carboxylic acid groups (broad SMARTS) is 2. The molecular weight excluding hydrogens is 284 g/mol. The van der Waals surface area contributed by atoms with Crippen LogP contribution < -0.4 is 10.6 Å². The number of rotatable bonds is 6. The molecule has 7 nitrogen and oxygen atoms in total. The van der Waals surface area contributed by atoms with Gasteiger partial charge >= 0.3 is 18.0 Å². The Morgan fingerprint density at radius 2 is 2.00 bits per heavy atom. The standard InChI is InChI=1S/C12H14N2O5S/c1-20-8-4-2-3-7(5-8)13-12(19)14-9(11(17)18)6-10(15)16/h2-5,9H,6H2,1H3,(H,15,16)(H,17,18)(H2,13,14,19)/t9-/m1/s1. The first-order valence-electron chi connectivity index (χ1n) is 5.58. The summed E-state index contributed by atoms with van der Waals surface area (Å²) >= 11 is 1.49. The van der Waals surface area contributed by atoms with Crippen LogP contribution in [0, 0.1) is 0 Å². The molecule has 1 rings (SSSR count). The average molecular weight is 298 g/mol. The number of urea groups is 1. The Labute approximate surface area is 119 Å². The highest BCUT2D eigenvalue weighted by Crippen LogP contribution is 2.18. The monoisotopic (exact) mass is 298 g/mol. The predicted octanol–water partition coefficient (Wildman–Crippen LogP) is 1.46. The number of carbonyl (C=O) groups is 3. The highest BCUT2D eigenvalue weighted by atomic mass is 32.2. The van der Waals surface area contributed by atoms with E-state index in [2.05, 4.69) is 10.6 Å². The Balaban J connectivity index is 2.65. The van der Waals surface area contributed by atoms with E-state index in [1.54, 1.807) is 18.2 Å². The molecule has 1 atom stereocenters. The molecule has 0 aromatic heterocycles. The van der Waals surface area contributed by atoms with Gasteiger partial charge in [0, 0.05) is 10.6 Å². The molecule has 0 aliphatic rings. The van der Waals surface area contributed by atoms with Gasteiger partial charge in [0.2, 0.25) is 0 Å². The van der Waals surface area contributed by atoms with E-state index in [1.807, 2.05) is 12.3 Å². The van der Waals surface area contributed by atoms with E-state index in [4.69, 9.17) is 10.2 Å². The zero-order chi connectivity index (χ0) is 15.1. The van der Waals surface area contributed by atoms with E-state index >= 15 is 0 Å². The predicted molar refractivity (Wildman–Crippen MR) is 74.1 cm³/mol. The van der Waals surface area contributed by atoms with Crippen LogP contribution in [0.2, 0.25) is 0 Å². The largest absolute Gasteiger partial charge is 0.481 e. The maximum Gasteiger partial charge on any atom is 0.326 e. The minimum absolute atomic E-state index is 0.494. The van der Waals surface area contributed by atoms with E-state index in [9.17, 15) is 14.4 Å². The van der Waals surface area contributed by atoms with Crippen molar-refractivity contribution >= 4 is 35.4 Å². The van der Waals surface area contributed by atoms with E-state index in [-0.39, 0.29) is 0 Å². The fraction of sp³-hybridized carbons (Fsp3) is 0.250. The number of aliphatic carboxylic acids is 2. The normalized spacial score (nSPS) is 11.4. The summed E-state index contributed by atoms with van der Waals surface area (Å²) in [5.41, 5.74) is 0.494. The van der Waals surface area contributed by atoms with E-state index in [1.165, 1.54) is 11.8 Å². The fourth-order valence-corrected chi connectivity index (χ4v) is 1.86. The van der Waals surface area contributed by atoms with Crippen LogP contribution in [0.4, 0.5) is 10.5 Å². The smallest absolute Gasteiger partial charge is 0.326 e. The van der Waals surface area contributed by atoms with E-state index < -0.39 is 30.4 Å². The maximum atomic E-state index is 11.6. The third kappa shape index (κ3) is 5.19. The molecule has 20 heavy (non-hydrogen) atoms. The van der Waals surface area contributed by atoms with Gasteiger partial charge in [0.15, 0.2) is 0 Å². The second-order valence-corrected chi connectivity index (χ2v) is 4.70. The van der Waals surface area contributed by atoms with Crippen molar-refractivity contribution in [1.82, 2.24) is 5.32 Å². The highest BCUT2D eigenvalue weighted by molar-refractivity contribution is 7.98. The molecule has 1 aromatic carbocycles. The average Bonchev–Trinajstić information content (AvgIpc) is 2.37. The number of anilines is 1. The Kier molecular flexibility index (Phi) is 5.85. The van der Waals surface area contributed by atoms with Crippen LogP contribution in [0.1, 0.15) is 6.42 Å². The quantitative estimate of drug-likeness (QED) is 0.591. The van der Waals surface area contributed by atoms with Gasteiger partial charge in [-0.05, 0) is 24.5 Å². The Morgan fingerprint density at radius 1 is 1.30 bits per heavy atom. The van der Waals surface area contributed by atoms with Gasteiger partial charge in [0.1, 0.15) is 6.04 Å². The molecule has 0 aliphatic heterocycles. The van der Waals surface area contributed by atoms with Crippen molar-refractivity contribution in [2.24, 2.45) is 0 Å². The summed E-state index contributed by atoms with van der Waals surface area (Å²) in [5.74, 6) is -2.71. The molecule has 0 fully saturated rings. The first-order chi connectivity index (χ1) is 9.42. The SMILES string of the molecule is CSc1cccc(NC(=O)N[C@H](CC(=O)O)C(=O)O)c1. The summed E-state index contributed by atoms with van der Waals surface area (Å²) in [6, 6.07) is 4.72. The topological polar surface area (TPSA) is 116 Å². The number of carboxylic acids is 2. The molecule has 0 saturated carbocycles. The minimum Gasteiger partial charge on any atom is -0.481 e. The van der Waals surface area contributed by atoms with Gasteiger partial charge in [0.25, 0.3) is 0 Å². The van der Waals surface area contributed by atoms with Crippen LogP contribution in [0.15, 0.2) is 29.2 Å². The third-order valence-corrected chi connectivity index (χ3v) is 3.04. The molecule has 0 saturated heterocycles. The van der Waals surface area contributed by atoms with E-state index in [0.717, 1.165) is 4.90 Å². The Hall–Kier alpha value is -2.22. The molecule has 1 aromatic rings. The van der Waals surface area contributed by atoms with Crippen LogP contribution in [0.5, 0.6) is 0 Å². The van der Waals surface area contributed by atoms with Gasteiger partial charge < -0.3 is 20.8 Å². The van der Waals surface area contributed by atoms with E-state index in [0.29, 0.717) is 5.69 Å². The Bertz CT molecular complexity index is 520. The van der Waals surface area contributed by atoms with Gasteiger partial charge in [-0.3, -0.25) is 4.79 Å². The number of nitrogens with one attached hydrogen (secondary N) is 2. The van der Waals surface area contributed by atoms with Crippen molar-refractivity contribution in [3.63, 3.8) is 0 Å². The first-order valence-corrected chi connectivity index (χ1v) is 6.81. The third-order valence-electron chi connectivity index (χ3n) is 2.31. The first kappa shape index (κ1) is 15.8. The summed E-state index contributed by atoms with van der Waals surface area (Å²) < 4.78 is 0. The van der Waals surface area contributed by atoms with Crippen LogP contribution >= 0.6 is 11.8 Å². The summed E-state index contributed by atoms with van der Waals surface area (Å²) in [6.45, 7) is 0. The van der Waals surface area contributed by atoms with Gasteiger partial charge in [-0.1, -0.05) is 6.07 Å². The lowest BCUT2D eigenvalue weighted by Crippen LogP contribution is -2.44. The molecule has 4 N–H and O–H groups in total. The van der Waals surface area contributed by atoms with Gasteiger partial charge in [-0.25, -0.2) is 9.59 Å². The minimum atomic E-state index is -1.48. The lowest BCUT2D eigenvalue weighted by Gasteiger charge is -2.13. The molecule has 0 aliphatic carbocycles. The summed E-state index contributed by atoms with van der Waals surface area (Å²) in [5, 5.41) is 21.9. The second-order valence-electron chi connectivity index (χ2n) is 3.82. The summed E-state index contributed by atoms with van der Waals surface area (Å²) in [6.07, 6.45) is 1.19. The number of thioether (sulfide) groups is 1. The van der Waals surface area contributed by atoms with Crippen molar-refractivity contribution in [3.05, 3.63) is 24.3 Å². The lowest BCUT2D eigenvalue weighted by atomic mass is 10.2. The molecule has 0 spiro atoms. The molecular formula is C12H14N2O5S. The summed E-state index contributed by atoms with van der Waals surface area (Å²) in [4.78, 5) is 33.9. The molecule has 108 valence electrons. The molecule has 0 bridgehead atoms.